The highest BCUT2D eigenvalue weighted by atomic mass is 32.1. The minimum atomic E-state index is -0.321. The summed E-state index contributed by atoms with van der Waals surface area (Å²) in [5.74, 6) is -0.321. The quantitative estimate of drug-likeness (QED) is 0.737. The molecule has 3 nitrogen and oxygen atoms in total. The number of primary amides is 1. The molecule has 1 aromatic heterocycles. The summed E-state index contributed by atoms with van der Waals surface area (Å²) in [5.41, 5.74) is 10.7. The average Bonchev–Trinajstić information content (AvgIpc) is 2.51. The van der Waals surface area contributed by atoms with Gasteiger partial charge in [-0.1, -0.05) is 6.07 Å². The van der Waals surface area contributed by atoms with Gasteiger partial charge in [0.2, 0.25) is 5.91 Å². The van der Waals surface area contributed by atoms with Crippen LogP contribution in [0.1, 0.15) is 17.7 Å². The van der Waals surface area contributed by atoms with Crippen molar-refractivity contribution >= 4 is 17.2 Å². The highest BCUT2D eigenvalue weighted by molar-refractivity contribution is 7.09. The molecule has 1 heterocycles. The average molecular weight is 198 g/mol. The monoisotopic (exact) mass is 198 g/mol. The second kappa shape index (κ2) is 4.99. The first kappa shape index (κ1) is 10.2. The van der Waals surface area contributed by atoms with Crippen molar-refractivity contribution in [3.63, 3.8) is 0 Å². The van der Waals surface area contributed by atoms with Gasteiger partial charge in [0.1, 0.15) is 0 Å². The van der Waals surface area contributed by atoms with Crippen LogP contribution < -0.4 is 11.5 Å². The molecule has 0 saturated heterocycles. The Morgan fingerprint density at radius 2 is 2.38 bits per heavy atom. The molecule has 1 amide bonds. The van der Waals surface area contributed by atoms with Crippen LogP contribution in [0.15, 0.2) is 17.5 Å². The van der Waals surface area contributed by atoms with Gasteiger partial charge in [0, 0.05) is 17.3 Å². The van der Waals surface area contributed by atoms with Crippen LogP contribution >= 0.6 is 11.3 Å². The summed E-state index contributed by atoms with van der Waals surface area (Å²) in [6.07, 6.45) is 2.04. The van der Waals surface area contributed by atoms with Gasteiger partial charge in [-0.3, -0.25) is 4.79 Å². The largest absolute Gasteiger partial charge is 0.370 e. The van der Waals surface area contributed by atoms with Crippen LogP contribution in [-0.4, -0.2) is 11.9 Å². The zero-order valence-corrected chi connectivity index (χ0v) is 8.22. The minimum Gasteiger partial charge on any atom is -0.370 e. The Morgan fingerprint density at radius 3 is 2.92 bits per heavy atom. The van der Waals surface area contributed by atoms with Gasteiger partial charge in [0.15, 0.2) is 0 Å². The third-order valence-corrected chi connectivity index (χ3v) is 2.74. The van der Waals surface area contributed by atoms with Gasteiger partial charge in [-0.25, -0.2) is 0 Å². The van der Waals surface area contributed by atoms with E-state index in [-0.39, 0.29) is 18.4 Å². The summed E-state index contributed by atoms with van der Waals surface area (Å²) in [4.78, 5) is 11.8. The number of thiophene rings is 1. The molecule has 4 heteroatoms. The van der Waals surface area contributed by atoms with Crippen molar-refractivity contribution in [2.45, 2.75) is 25.3 Å². The third kappa shape index (κ3) is 4.05. The van der Waals surface area contributed by atoms with E-state index in [1.54, 1.807) is 11.3 Å². The summed E-state index contributed by atoms with van der Waals surface area (Å²) in [6.45, 7) is 0. The molecule has 0 fully saturated rings. The smallest absolute Gasteiger partial charge is 0.218 e. The number of nitrogens with two attached hydrogens (primary N) is 2. The van der Waals surface area contributed by atoms with E-state index in [1.165, 1.54) is 4.88 Å². The highest BCUT2D eigenvalue weighted by Gasteiger charge is 2.06. The SMILES string of the molecule is NC(=O)CC(N)CCc1cccs1. The van der Waals surface area contributed by atoms with Crippen molar-refractivity contribution in [3.8, 4) is 0 Å². The standard InChI is InChI=1S/C9H14N2OS/c10-7(6-9(11)12)3-4-8-2-1-5-13-8/h1-2,5,7H,3-4,6,10H2,(H2,11,12). The molecule has 1 aromatic rings. The summed E-state index contributed by atoms with van der Waals surface area (Å²) in [5, 5.41) is 2.04. The first-order valence-corrected chi connectivity index (χ1v) is 5.12. The topological polar surface area (TPSA) is 69.1 Å². The predicted molar refractivity (Wildman–Crippen MR) is 54.4 cm³/mol. The summed E-state index contributed by atoms with van der Waals surface area (Å²) in [6, 6.07) is 3.99. The lowest BCUT2D eigenvalue weighted by Gasteiger charge is -2.07. The Morgan fingerprint density at radius 1 is 1.62 bits per heavy atom. The molecule has 0 spiro atoms. The van der Waals surface area contributed by atoms with Crippen molar-refractivity contribution < 1.29 is 4.79 Å². The fraction of sp³-hybridized carbons (Fsp3) is 0.444. The van der Waals surface area contributed by atoms with Crippen molar-refractivity contribution in [2.75, 3.05) is 0 Å². The van der Waals surface area contributed by atoms with E-state index in [9.17, 15) is 4.79 Å². The fourth-order valence-corrected chi connectivity index (χ4v) is 1.87. The normalized spacial score (nSPS) is 12.7. The van der Waals surface area contributed by atoms with E-state index in [1.807, 2.05) is 11.4 Å². The summed E-state index contributed by atoms with van der Waals surface area (Å²) in [7, 11) is 0. The number of rotatable bonds is 5. The molecule has 72 valence electrons. The lowest BCUT2D eigenvalue weighted by atomic mass is 10.1. The van der Waals surface area contributed by atoms with E-state index in [0.717, 1.165) is 12.8 Å². The third-order valence-electron chi connectivity index (χ3n) is 1.81. The molecule has 1 rings (SSSR count). The van der Waals surface area contributed by atoms with Crippen LogP contribution in [-0.2, 0) is 11.2 Å². The first-order chi connectivity index (χ1) is 6.18. The molecule has 1 atom stereocenters. The molecule has 0 aliphatic heterocycles. The maximum absolute atomic E-state index is 10.5. The van der Waals surface area contributed by atoms with Gasteiger partial charge in [-0.2, -0.15) is 0 Å². The molecule has 13 heavy (non-hydrogen) atoms. The van der Waals surface area contributed by atoms with Crippen molar-refractivity contribution in [1.82, 2.24) is 0 Å². The Bertz CT molecular complexity index is 259. The lowest BCUT2D eigenvalue weighted by molar-refractivity contribution is -0.118. The van der Waals surface area contributed by atoms with Gasteiger partial charge in [0.25, 0.3) is 0 Å². The van der Waals surface area contributed by atoms with E-state index in [2.05, 4.69) is 6.07 Å². The van der Waals surface area contributed by atoms with Gasteiger partial charge in [0.05, 0.1) is 0 Å². The van der Waals surface area contributed by atoms with E-state index >= 15 is 0 Å². The van der Waals surface area contributed by atoms with Crippen LogP contribution in [0.2, 0.25) is 0 Å². The number of hydrogen-bond donors (Lipinski definition) is 2. The van der Waals surface area contributed by atoms with E-state index in [0.29, 0.717) is 0 Å². The number of carbonyl (C=O) groups is 1. The van der Waals surface area contributed by atoms with E-state index < -0.39 is 0 Å². The van der Waals surface area contributed by atoms with Gasteiger partial charge < -0.3 is 11.5 Å². The zero-order valence-electron chi connectivity index (χ0n) is 7.40. The second-order valence-corrected chi connectivity index (χ2v) is 4.08. The minimum absolute atomic E-state index is 0.0976. The van der Waals surface area contributed by atoms with Gasteiger partial charge in [-0.15, -0.1) is 11.3 Å². The Labute approximate surface area is 81.7 Å². The number of amides is 1. The van der Waals surface area contributed by atoms with Crippen molar-refractivity contribution in [2.24, 2.45) is 11.5 Å². The lowest BCUT2D eigenvalue weighted by Crippen LogP contribution is -2.27. The van der Waals surface area contributed by atoms with Gasteiger partial charge >= 0.3 is 0 Å². The predicted octanol–water partition coefficient (Wildman–Crippen LogP) is 0.883. The highest BCUT2D eigenvalue weighted by Crippen LogP contribution is 2.12. The van der Waals surface area contributed by atoms with Crippen molar-refractivity contribution in [1.29, 1.82) is 0 Å². The maximum atomic E-state index is 10.5. The molecule has 0 bridgehead atoms. The first-order valence-electron chi connectivity index (χ1n) is 4.24. The summed E-state index contributed by atoms with van der Waals surface area (Å²) >= 11 is 1.71. The molecular weight excluding hydrogens is 184 g/mol. The molecule has 0 radical (unpaired) electrons. The fourth-order valence-electron chi connectivity index (χ4n) is 1.14. The molecule has 0 aromatic carbocycles. The number of carbonyl (C=O) groups excluding carboxylic acids is 1. The van der Waals surface area contributed by atoms with Crippen molar-refractivity contribution in [3.05, 3.63) is 22.4 Å². The van der Waals surface area contributed by atoms with Crippen LogP contribution in [0.5, 0.6) is 0 Å². The Kier molecular flexibility index (Phi) is 3.92. The Balaban J connectivity index is 2.22. The van der Waals surface area contributed by atoms with Crippen LogP contribution in [0, 0.1) is 0 Å². The van der Waals surface area contributed by atoms with E-state index in [4.69, 9.17) is 11.5 Å². The molecule has 1 unspecified atom stereocenters. The zero-order chi connectivity index (χ0) is 9.68. The molecule has 0 aliphatic rings. The van der Waals surface area contributed by atoms with Crippen LogP contribution in [0.3, 0.4) is 0 Å². The van der Waals surface area contributed by atoms with Crippen LogP contribution in [0.4, 0.5) is 0 Å². The molecule has 4 N–H and O–H groups in total. The van der Waals surface area contributed by atoms with Crippen LogP contribution in [0.25, 0.3) is 0 Å². The number of hydrogen-bond acceptors (Lipinski definition) is 3. The molecular formula is C9H14N2OS. The van der Waals surface area contributed by atoms with Gasteiger partial charge in [-0.05, 0) is 24.3 Å². The Hall–Kier alpha value is -0.870. The maximum Gasteiger partial charge on any atom is 0.218 e. The molecule has 0 aliphatic carbocycles. The second-order valence-electron chi connectivity index (χ2n) is 3.05. The summed E-state index contributed by atoms with van der Waals surface area (Å²) < 4.78 is 0. The number of aryl methyl sites for hydroxylation is 1. The molecule has 0 saturated carbocycles.